The van der Waals surface area contributed by atoms with Gasteiger partial charge >= 0.3 is 0 Å². The first-order valence-electron chi connectivity index (χ1n) is 9.29. The molecule has 2 aromatic rings. The van der Waals surface area contributed by atoms with Crippen molar-refractivity contribution in [3.05, 3.63) is 70.8 Å². The first-order chi connectivity index (χ1) is 13.0. The number of carbonyl (C=O) groups is 3. The Bertz CT molecular complexity index is 916. The molecule has 1 heterocycles. The third-order valence-electron chi connectivity index (χ3n) is 5.75. The van der Waals surface area contributed by atoms with E-state index in [9.17, 15) is 14.4 Å². The second-order valence-corrected chi connectivity index (χ2v) is 7.52. The van der Waals surface area contributed by atoms with Crippen molar-refractivity contribution in [3.8, 4) is 0 Å². The number of nitrogens with zero attached hydrogens (tertiary/aromatic N) is 1. The van der Waals surface area contributed by atoms with Gasteiger partial charge in [0, 0.05) is 12.0 Å². The van der Waals surface area contributed by atoms with Crippen molar-refractivity contribution in [2.45, 2.75) is 31.6 Å². The van der Waals surface area contributed by atoms with Crippen LogP contribution in [0.4, 0.5) is 0 Å². The molecule has 138 valence electrons. The number of aryl methyl sites for hydroxylation is 1. The monoisotopic (exact) mass is 362 g/mol. The number of carbonyl (C=O) groups excluding carboxylic acids is 3. The summed E-state index contributed by atoms with van der Waals surface area (Å²) in [6.07, 6.45) is 3.20. The van der Waals surface area contributed by atoms with E-state index in [1.165, 1.54) is 5.56 Å². The lowest BCUT2D eigenvalue weighted by Gasteiger charge is -2.42. The third-order valence-corrected chi connectivity index (χ3v) is 5.75. The van der Waals surface area contributed by atoms with Crippen LogP contribution in [0.2, 0.25) is 0 Å². The Morgan fingerprint density at radius 3 is 2.41 bits per heavy atom. The first kappa shape index (κ1) is 17.5. The van der Waals surface area contributed by atoms with Gasteiger partial charge < -0.3 is 5.32 Å². The average molecular weight is 362 g/mol. The minimum atomic E-state index is -0.397. The molecule has 1 aliphatic heterocycles. The SMILES string of the molecule is Cc1ccc2c(c1)C(=O)N(CC(=O)NCC1(c3ccccc3)CCC1)C2=O. The lowest BCUT2D eigenvalue weighted by molar-refractivity contribution is -0.121. The quantitative estimate of drug-likeness (QED) is 0.832. The highest BCUT2D eigenvalue weighted by Crippen LogP contribution is 2.43. The Labute approximate surface area is 158 Å². The molecule has 0 spiro atoms. The molecule has 1 N–H and O–H groups in total. The zero-order valence-corrected chi connectivity index (χ0v) is 15.3. The van der Waals surface area contributed by atoms with Gasteiger partial charge in [0.05, 0.1) is 11.1 Å². The molecule has 0 aromatic heterocycles. The van der Waals surface area contributed by atoms with Crippen LogP contribution < -0.4 is 5.32 Å². The van der Waals surface area contributed by atoms with Crippen molar-refractivity contribution in [2.24, 2.45) is 0 Å². The number of rotatable bonds is 5. The van der Waals surface area contributed by atoms with Crippen LogP contribution in [-0.4, -0.2) is 35.7 Å². The van der Waals surface area contributed by atoms with Crippen molar-refractivity contribution >= 4 is 17.7 Å². The maximum Gasteiger partial charge on any atom is 0.262 e. The average Bonchev–Trinajstić information content (AvgIpc) is 2.86. The summed E-state index contributed by atoms with van der Waals surface area (Å²) in [5.74, 6) is -1.09. The molecule has 0 atom stereocenters. The topological polar surface area (TPSA) is 66.5 Å². The molecule has 1 aliphatic carbocycles. The third kappa shape index (κ3) is 3.03. The Balaban J connectivity index is 1.42. The van der Waals surface area contributed by atoms with Crippen molar-refractivity contribution in [1.82, 2.24) is 10.2 Å². The standard InChI is InChI=1S/C22H22N2O3/c1-15-8-9-17-18(12-15)21(27)24(20(17)26)13-19(25)23-14-22(10-5-11-22)16-6-3-2-4-7-16/h2-4,6-9,12H,5,10-11,13-14H2,1H3,(H,23,25). The minimum absolute atomic E-state index is 0.0317. The van der Waals surface area contributed by atoms with Crippen molar-refractivity contribution in [1.29, 1.82) is 0 Å². The van der Waals surface area contributed by atoms with Gasteiger partial charge in [0.1, 0.15) is 6.54 Å². The fraction of sp³-hybridized carbons (Fsp3) is 0.318. The van der Waals surface area contributed by atoms with E-state index in [4.69, 9.17) is 0 Å². The number of imide groups is 1. The predicted octanol–water partition coefficient (Wildman–Crippen LogP) is 2.83. The van der Waals surface area contributed by atoms with Gasteiger partial charge in [-0.15, -0.1) is 0 Å². The largest absolute Gasteiger partial charge is 0.354 e. The Kier molecular flexibility index (Phi) is 4.30. The molecular formula is C22H22N2O3. The van der Waals surface area contributed by atoms with Gasteiger partial charge in [-0.3, -0.25) is 19.3 Å². The van der Waals surface area contributed by atoms with Crippen LogP contribution >= 0.6 is 0 Å². The van der Waals surface area contributed by atoms with E-state index >= 15 is 0 Å². The van der Waals surface area contributed by atoms with Gasteiger partial charge in [-0.25, -0.2) is 0 Å². The fourth-order valence-electron chi connectivity index (χ4n) is 3.98. The molecule has 2 aliphatic rings. The minimum Gasteiger partial charge on any atom is -0.354 e. The number of nitrogens with one attached hydrogen (secondary N) is 1. The van der Waals surface area contributed by atoms with Crippen LogP contribution in [-0.2, 0) is 10.2 Å². The molecule has 3 amide bonds. The highest BCUT2D eigenvalue weighted by Gasteiger charge is 2.40. The Morgan fingerprint density at radius 1 is 1.04 bits per heavy atom. The summed E-state index contributed by atoms with van der Waals surface area (Å²) >= 11 is 0. The van der Waals surface area contributed by atoms with Crippen LogP contribution in [0.25, 0.3) is 0 Å². The van der Waals surface area contributed by atoms with Crippen LogP contribution in [0.1, 0.15) is 51.1 Å². The van der Waals surface area contributed by atoms with E-state index in [1.54, 1.807) is 18.2 Å². The summed E-state index contributed by atoms with van der Waals surface area (Å²) in [7, 11) is 0. The smallest absolute Gasteiger partial charge is 0.262 e. The summed E-state index contributed by atoms with van der Waals surface area (Å²) in [6.45, 7) is 2.16. The molecule has 27 heavy (non-hydrogen) atoms. The van der Waals surface area contributed by atoms with E-state index in [2.05, 4.69) is 17.4 Å². The zero-order chi connectivity index (χ0) is 19.0. The number of hydrogen-bond acceptors (Lipinski definition) is 3. The number of fused-ring (bicyclic) bond motifs is 1. The van der Waals surface area contributed by atoms with Gasteiger partial charge in [0.2, 0.25) is 5.91 Å². The molecular weight excluding hydrogens is 340 g/mol. The second kappa shape index (κ2) is 6.65. The van der Waals surface area contributed by atoms with Gasteiger partial charge in [0.25, 0.3) is 11.8 Å². The van der Waals surface area contributed by atoms with Crippen molar-refractivity contribution in [2.75, 3.05) is 13.1 Å². The Morgan fingerprint density at radius 2 is 1.74 bits per heavy atom. The number of amides is 3. The molecule has 5 nitrogen and oxygen atoms in total. The molecule has 2 aromatic carbocycles. The van der Waals surface area contributed by atoms with E-state index in [0.717, 1.165) is 29.7 Å². The molecule has 0 unspecified atom stereocenters. The van der Waals surface area contributed by atoms with E-state index in [-0.39, 0.29) is 17.9 Å². The second-order valence-electron chi connectivity index (χ2n) is 7.52. The number of benzene rings is 2. The predicted molar refractivity (Wildman–Crippen MR) is 102 cm³/mol. The Hall–Kier alpha value is -2.95. The lowest BCUT2D eigenvalue weighted by atomic mass is 9.64. The maximum atomic E-state index is 12.5. The molecule has 0 saturated heterocycles. The highest BCUT2D eigenvalue weighted by molar-refractivity contribution is 6.22. The van der Waals surface area contributed by atoms with E-state index < -0.39 is 11.8 Å². The summed E-state index contributed by atoms with van der Waals surface area (Å²) in [6, 6.07) is 15.4. The molecule has 1 fully saturated rings. The maximum absolute atomic E-state index is 12.5. The van der Waals surface area contributed by atoms with Crippen molar-refractivity contribution < 1.29 is 14.4 Å². The van der Waals surface area contributed by atoms with Gasteiger partial charge in [-0.2, -0.15) is 0 Å². The van der Waals surface area contributed by atoms with Crippen LogP contribution in [0.5, 0.6) is 0 Å². The molecule has 0 bridgehead atoms. The van der Waals surface area contributed by atoms with Crippen LogP contribution in [0.15, 0.2) is 48.5 Å². The molecule has 0 radical (unpaired) electrons. The summed E-state index contributed by atoms with van der Waals surface area (Å²) in [5.41, 5.74) is 2.87. The summed E-state index contributed by atoms with van der Waals surface area (Å²) < 4.78 is 0. The zero-order valence-electron chi connectivity index (χ0n) is 15.3. The number of hydrogen-bond donors (Lipinski definition) is 1. The fourth-order valence-corrected chi connectivity index (χ4v) is 3.98. The van der Waals surface area contributed by atoms with Gasteiger partial charge in [0.15, 0.2) is 0 Å². The molecule has 5 heteroatoms. The first-order valence-corrected chi connectivity index (χ1v) is 9.29. The molecule has 4 rings (SSSR count). The van der Waals surface area contributed by atoms with Gasteiger partial charge in [-0.05, 0) is 37.5 Å². The van der Waals surface area contributed by atoms with E-state index in [1.807, 2.05) is 25.1 Å². The normalized spacial score (nSPS) is 17.4. The van der Waals surface area contributed by atoms with Gasteiger partial charge in [-0.1, -0.05) is 48.4 Å². The van der Waals surface area contributed by atoms with Crippen LogP contribution in [0, 0.1) is 6.92 Å². The summed E-state index contributed by atoms with van der Waals surface area (Å²) in [4.78, 5) is 38.5. The van der Waals surface area contributed by atoms with Crippen LogP contribution in [0.3, 0.4) is 0 Å². The summed E-state index contributed by atoms with van der Waals surface area (Å²) in [5, 5.41) is 2.95. The lowest BCUT2D eigenvalue weighted by Crippen LogP contribution is -2.48. The van der Waals surface area contributed by atoms with E-state index in [0.29, 0.717) is 17.7 Å². The molecule has 1 saturated carbocycles. The highest BCUT2D eigenvalue weighted by atomic mass is 16.2. The van der Waals surface area contributed by atoms with Crippen molar-refractivity contribution in [3.63, 3.8) is 0 Å².